The molecule has 0 fully saturated rings. The first-order chi connectivity index (χ1) is 10.2. The highest BCUT2D eigenvalue weighted by Crippen LogP contribution is 2.13. The lowest BCUT2D eigenvalue weighted by Crippen LogP contribution is -2.40. The van der Waals surface area contributed by atoms with E-state index in [9.17, 15) is 4.79 Å². The van der Waals surface area contributed by atoms with Gasteiger partial charge in [-0.05, 0) is 36.1 Å². The Morgan fingerprint density at radius 2 is 2.24 bits per heavy atom. The van der Waals surface area contributed by atoms with Crippen molar-refractivity contribution in [2.24, 2.45) is 5.73 Å². The number of amides is 1. The summed E-state index contributed by atoms with van der Waals surface area (Å²) < 4.78 is 10.5. The van der Waals surface area contributed by atoms with E-state index >= 15 is 0 Å². The first-order valence-corrected chi connectivity index (χ1v) is 8.29. The fourth-order valence-corrected chi connectivity index (χ4v) is 2.17. The monoisotopic (exact) mass is 312 g/mol. The number of carbonyl (C=O) groups excluding carboxylic acids is 1. The molecular formula is C15H24N2O3S. The highest BCUT2D eigenvalue weighted by molar-refractivity contribution is 7.98. The molecule has 1 amide bonds. The van der Waals surface area contributed by atoms with Crippen LogP contribution in [0, 0.1) is 0 Å². The summed E-state index contributed by atoms with van der Waals surface area (Å²) in [7, 11) is 1.63. The highest BCUT2D eigenvalue weighted by Gasteiger charge is 2.12. The lowest BCUT2D eigenvalue weighted by molar-refractivity contribution is -0.122. The van der Waals surface area contributed by atoms with E-state index in [2.05, 4.69) is 5.32 Å². The minimum Gasteiger partial charge on any atom is -0.491 e. The summed E-state index contributed by atoms with van der Waals surface area (Å²) in [5.41, 5.74) is 6.80. The second-order valence-electron chi connectivity index (χ2n) is 4.59. The molecule has 0 spiro atoms. The zero-order valence-corrected chi connectivity index (χ0v) is 13.4. The van der Waals surface area contributed by atoms with Crippen LogP contribution >= 0.6 is 11.8 Å². The smallest absolute Gasteiger partial charge is 0.237 e. The number of ether oxygens (including phenoxy) is 2. The van der Waals surface area contributed by atoms with Crippen molar-refractivity contribution < 1.29 is 14.3 Å². The minimum absolute atomic E-state index is 0.116. The van der Waals surface area contributed by atoms with Gasteiger partial charge in [-0.3, -0.25) is 4.79 Å². The van der Waals surface area contributed by atoms with Crippen LogP contribution in [0.2, 0.25) is 0 Å². The van der Waals surface area contributed by atoms with Gasteiger partial charge in [-0.25, -0.2) is 0 Å². The van der Waals surface area contributed by atoms with E-state index in [4.69, 9.17) is 15.2 Å². The summed E-state index contributed by atoms with van der Waals surface area (Å²) in [6.07, 6.45) is 2.69. The standard InChI is InChI=1S/C15H24N2O3S/c1-19-7-8-20-13-5-3-4-12(10-13)11-17-15(18)14(16)6-9-21-2/h3-5,10,14H,6-9,11,16H2,1-2H3,(H,17,18)/t14-/m0/s1. The highest BCUT2D eigenvalue weighted by atomic mass is 32.2. The minimum atomic E-state index is -0.446. The largest absolute Gasteiger partial charge is 0.491 e. The predicted molar refractivity (Wildman–Crippen MR) is 86.6 cm³/mol. The molecule has 0 aromatic heterocycles. The summed E-state index contributed by atoms with van der Waals surface area (Å²) in [5.74, 6) is 1.54. The van der Waals surface area contributed by atoms with Gasteiger partial charge in [0.25, 0.3) is 0 Å². The lowest BCUT2D eigenvalue weighted by Gasteiger charge is -2.12. The number of hydrogen-bond donors (Lipinski definition) is 2. The van der Waals surface area contributed by atoms with E-state index in [0.717, 1.165) is 17.1 Å². The van der Waals surface area contributed by atoms with Gasteiger partial charge in [-0.15, -0.1) is 0 Å². The van der Waals surface area contributed by atoms with Crippen molar-refractivity contribution >= 4 is 17.7 Å². The third-order valence-electron chi connectivity index (χ3n) is 2.89. The van der Waals surface area contributed by atoms with Gasteiger partial charge in [0.15, 0.2) is 0 Å². The first kappa shape index (κ1) is 17.8. The van der Waals surface area contributed by atoms with Crippen LogP contribution in [0.25, 0.3) is 0 Å². The molecule has 1 aromatic carbocycles. The number of nitrogens with one attached hydrogen (secondary N) is 1. The molecule has 1 aromatic rings. The Bertz CT molecular complexity index is 429. The fraction of sp³-hybridized carbons (Fsp3) is 0.533. The van der Waals surface area contributed by atoms with Crippen LogP contribution in [0.3, 0.4) is 0 Å². The average molecular weight is 312 g/mol. The molecule has 0 unspecified atom stereocenters. The van der Waals surface area contributed by atoms with Crippen molar-refractivity contribution in [3.05, 3.63) is 29.8 Å². The topological polar surface area (TPSA) is 73.6 Å². The Labute approximate surface area is 130 Å². The zero-order chi connectivity index (χ0) is 15.5. The molecule has 118 valence electrons. The number of rotatable bonds is 10. The van der Waals surface area contributed by atoms with Gasteiger partial charge in [0.1, 0.15) is 12.4 Å². The van der Waals surface area contributed by atoms with Gasteiger partial charge in [0, 0.05) is 13.7 Å². The molecule has 0 saturated heterocycles. The van der Waals surface area contributed by atoms with Crippen LogP contribution in [0.15, 0.2) is 24.3 Å². The normalized spacial score (nSPS) is 12.0. The fourth-order valence-electron chi connectivity index (χ4n) is 1.68. The Morgan fingerprint density at radius 3 is 2.95 bits per heavy atom. The van der Waals surface area contributed by atoms with Crippen molar-refractivity contribution in [2.45, 2.75) is 19.0 Å². The molecule has 0 aliphatic rings. The lowest BCUT2D eigenvalue weighted by atomic mass is 10.2. The average Bonchev–Trinajstić information content (AvgIpc) is 2.51. The molecule has 0 radical (unpaired) electrons. The summed E-state index contributed by atoms with van der Waals surface area (Å²) in [6.45, 7) is 1.50. The first-order valence-electron chi connectivity index (χ1n) is 6.90. The van der Waals surface area contributed by atoms with E-state index in [0.29, 0.717) is 26.2 Å². The maximum absolute atomic E-state index is 11.8. The molecule has 0 saturated carbocycles. The van der Waals surface area contributed by atoms with Crippen LogP contribution in [-0.2, 0) is 16.1 Å². The van der Waals surface area contributed by atoms with E-state index in [-0.39, 0.29) is 5.91 Å². The zero-order valence-electron chi connectivity index (χ0n) is 12.6. The number of benzene rings is 1. The second-order valence-corrected chi connectivity index (χ2v) is 5.58. The Balaban J connectivity index is 2.40. The Morgan fingerprint density at radius 1 is 1.43 bits per heavy atom. The van der Waals surface area contributed by atoms with Crippen molar-refractivity contribution in [1.29, 1.82) is 0 Å². The van der Waals surface area contributed by atoms with Crippen LogP contribution < -0.4 is 15.8 Å². The molecule has 0 bridgehead atoms. The Hall–Kier alpha value is -1.24. The number of nitrogens with two attached hydrogens (primary N) is 1. The molecule has 3 N–H and O–H groups in total. The second kappa shape index (κ2) is 10.5. The van der Waals surface area contributed by atoms with Crippen molar-refractivity contribution in [3.63, 3.8) is 0 Å². The van der Waals surface area contributed by atoms with Crippen LogP contribution in [0.5, 0.6) is 5.75 Å². The van der Waals surface area contributed by atoms with Gasteiger partial charge in [-0.1, -0.05) is 12.1 Å². The molecular weight excluding hydrogens is 288 g/mol. The molecule has 0 aliphatic carbocycles. The van der Waals surface area contributed by atoms with Gasteiger partial charge >= 0.3 is 0 Å². The number of hydrogen-bond acceptors (Lipinski definition) is 5. The summed E-state index contributed by atoms with van der Waals surface area (Å²) in [6, 6.07) is 7.18. The summed E-state index contributed by atoms with van der Waals surface area (Å²) in [5, 5.41) is 2.85. The van der Waals surface area contributed by atoms with Gasteiger partial charge < -0.3 is 20.5 Å². The van der Waals surface area contributed by atoms with Crippen molar-refractivity contribution in [3.8, 4) is 5.75 Å². The predicted octanol–water partition coefficient (Wildman–Crippen LogP) is 1.41. The van der Waals surface area contributed by atoms with Crippen molar-refractivity contribution in [2.75, 3.05) is 32.3 Å². The molecule has 0 aliphatic heterocycles. The third kappa shape index (κ3) is 7.36. The van der Waals surface area contributed by atoms with E-state index < -0.39 is 6.04 Å². The van der Waals surface area contributed by atoms with Gasteiger partial charge in [0.05, 0.1) is 12.6 Å². The number of thioether (sulfide) groups is 1. The van der Waals surface area contributed by atoms with Crippen LogP contribution in [-0.4, -0.2) is 44.3 Å². The maximum atomic E-state index is 11.8. The maximum Gasteiger partial charge on any atom is 0.237 e. The Kier molecular flexibility index (Phi) is 8.89. The number of carbonyl (C=O) groups is 1. The molecule has 21 heavy (non-hydrogen) atoms. The van der Waals surface area contributed by atoms with E-state index in [1.54, 1.807) is 18.9 Å². The van der Waals surface area contributed by atoms with Gasteiger partial charge in [-0.2, -0.15) is 11.8 Å². The quantitative estimate of drug-likeness (QED) is 0.639. The van der Waals surface area contributed by atoms with Gasteiger partial charge in [0.2, 0.25) is 5.91 Å². The molecule has 1 rings (SSSR count). The molecule has 5 nitrogen and oxygen atoms in total. The SMILES string of the molecule is COCCOc1cccc(CNC(=O)[C@@H](N)CCSC)c1. The van der Waals surface area contributed by atoms with E-state index in [1.807, 2.05) is 30.5 Å². The summed E-state index contributed by atoms with van der Waals surface area (Å²) >= 11 is 1.69. The number of methoxy groups -OCH3 is 1. The van der Waals surface area contributed by atoms with Crippen LogP contribution in [0.1, 0.15) is 12.0 Å². The van der Waals surface area contributed by atoms with Crippen molar-refractivity contribution in [1.82, 2.24) is 5.32 Å². The van der Waals surface area contributed by atoms with Crippen LogP contribution in [0.4, 0.5) is 0 Å². The van der Waals surface area contributed by atoms with E-state index in [1.165, 1.54) is 0 Å². The summed E-state index contributed by atoms with van der Waals surface area (Å²) in [4.78, 5) is 11.8. The molecule has 1 atom stereocenters. The molecule has 6 heteroatoms. The molecule has 0 heterocycles. The third-order valence-corrected chi connectivity index (χ3v) is 3.54.